The summed E-state index contributed by atoms with van der Waals surface area (Å²) in [6, 6.07) is 13.3. The number of thioether (sulfide) groups is 1. The van der Waals surface area contributed by atoms with Gasteiger partial charge in [0.2, 0.25) is 0 Å². The molecule has 4 nitrogen and oxygen atoms in total. The van der Waals surface area contributed by atoms with Gasteiger partial charge in [0.15, 0.2) is 0 Å². The van der Waals surface area contributed by atoms with E-state index in [-0.39, 0.29) is 5.91 Å². The third-order valence-corrected chi connectivity index (χ3v) is 7.18. The lowest BCUT2D eigenvalue weighted by Gasteiger charge is -2.20. The third-order valence-electron chi connectivity index (χ3n) is 4.64. The zero-order chi connectivity index (χ0) is 19.8. The molecule has 0 fully saturated rings. The number of carbonyl (C=O) groups is 1. The van der Waals surface area contributed by atoms with Crippen LogP contribution in [0.1, 0.15) is 15.2 Å². The number of methoxy groups -OCH3 is 2. The minimum Gasteiger partial charge on any atom is -0.497 e. The smallest absolute Gasteiger partial charge is 0.268 e. The van der Waals surface area contributed by atoms with Gasteiger partial charge < -0.3 is 14.4 Å². The van der Waals surface area contributed by atoms with Crippen molar-refractivity contribution in [2.24, 2.45) is 0 Å². The van der Waals surface area contributed by atoms with Crippen molar-refractivity contribution in [1.29, 1.82) is 0 Å². The average molecular weight is 432 g/mol. The van der Waals surface area contributed by atoms with Crippen molar-refractivity contribution in [3.05, 3.63) is 57.9 Å². The van der Waals surface area contributed by atoms with Gasteiger partial charge in [-0.15, -0.1) is 23.1 Å². The van der Waals surface area contributed by atoms with E-state index in [9.17, 15) is 4.79 Å². The van der Waals surface area contributed by atoms with E-state index in [1.165, 1.54) is 16.9 Å². The molecule has 2 heterocycles. The highest BCUT2D eigenvalue weighted by molar-refractivity contribution is 7.98. The standard InChI is InChI=1S/C21H18ClNO3S2/c1-23(16-7-5-14(25-2)10-17(16)26-3)21(24)19-8-12-11-27-18-9-13(22)4-6-15(18)20(12)28-19/h4-10H,11H2,1-3H3. The molecule has 7 heteroatoms. The first-order valence-corrected chi connectivity index (χ1v) is 10.8. The Labute approximate surface area is 177 Å². The number of hydrogen-bond donors (Lipinski definition) is 0. The monoisotopic (exact) mass is 431 g/mol. The Hall–Kier alpha value is -2.15. The zero-order valence-corrected chi connectivity index (χ0v) is 18.0. The van der Waals surface area contributed by atoms with E-state index in [0.29, 0.717) is 22.1 Å². The average Bonchev–Trinajstić information content (AvgIpc) is 3.16. The first-order valence-electron chi connectivity index (χ1n) is 8.57. The fourth-order valence-corrected chi connectivity index (χ4v) is 5.83. The highest BCUT2D eigenvalue weighted by Gasteiger charge is 2.25. The van der Waals surface area contributed by atoms with E-state index in [4.69, 9.17) is 21.1 Å². The molecule has 4 rings (SSSR count). The highest BCUT2D eigenvalue weighted by Crippen LogP contribution is 2.46. The first-order chi connectivity index (χ1) is 13.5. The number of hydrogen-bond acceptors (Lipinski definition) is 5. The summed E-state index contributed by atoms with van der Waals surface area (Å²) >= 11 is 9.40. The Morgan fingerprint density at radius 3 is 2.68 bits per heavy atom. The number of thiophene rings is 1. The Bertz CT molecular complexity index is 1060. The Kier molecular flexibility index (Phi) is 5.27. The van der Waals surface area contributed by atoms with Gasteiger partial charge in [0, 0.05) is 39.2 Å². The molecule has 0 N–H and O–H groups in total. The molecular formula is C21H18ClNO3S2. The van der Waals surface area contributed by atoms with E-state index < -0.39 is 0 Å². The van der Waals surface area contributed by atoms with Crippen LogP contribution in [0.3, 0.4) is 0 Å². The van der Waals surface area contributed by atoms with E-state index in [1.54, 1.807) is 44.0 Å². The van der Waals surface area contributed by atoms with E-state index in [1.807, 2.05) is 36.4 Å². The number of carbonyl (C=O) groups excluding carboxylic acids is 1. The molecule has 0 saturated heterocycles. The van der Waals surface area contributed by atoms with Gasteiger partial charge in [-0.1, -0.05) is 17.7 Å². The number of anilines is 1. The molecule has 1 aromatic heterocycles. The molecule has 1 amide bonds. The summed E-state index contributed by atoms with van der Waals surface area (Å²) in [5.74, 6) is 2.04. The van der Waals surface area contributed by atoms with Crippen LogP contribution in [-0.2, 0) is 5.75 Å². The maximum absolute atomic E-state index is 13.2. The second-order valence-electron chi connectivity index (χ2n) is 6.30. The van der Waals surface area contributed by atoms with Crippen LogP contribution in [0.15, 0.2) is 47.4 Å². The summed E-state index contributed by atoms with van der Waals surface area (Å²) in [6.45, 7) is 0. The summed E-state index contributed by atoms with van der Waals surface area (Å²) in [7, 11) is 4.94. The lowest BCUT2D eigenvalue weighted by Crippen LogP contribution is -2.25. The van der Waals surface area contributed by atoms with E-state index in [0.717, 1.165) is 26.1 Å². The minimum atomic E-state index is -0.0663. The highest BCUT2D eigenvalue weighted by atomic mass is 35.5. The molecule has 0 spiro atoms. The number of fused-ring (bicyclic) bond motifs is 3. The summed E-state index contributed by atoms with van der Waals surface area (Å²) in [6.07, 6.45) is 0. The van der Waals surface area contributed by atoms with Gasteiger partial charge in [-0.2, -0.15) is 0 Å². The van der Waals surface area contributed by atoms with Gasteiger partial charge in [0.05, 0.1) is 24.8 Å². The van der Waals surface area contributed by atoms with Gasteiger partial charge in [-0.05, 0) is 35.9 Å². The molecule has 144 valence electrons. The molecule has 1 aliphatic heterocycles. The van der Waals surface area contributed by atoms with Gasteiger partial charge in [0.1, 0.15) is 11.5 Å². The van der Waals surface area contributed by atoms with Gasteiger partial charge in [-0.3, -0.25) is 4.79 Å². The van der Waals surface area contributed by atoms with Crippen LogP contribution in [0.2, 0.25) is 5.02 Å². The van der Waals surface area contributed by atoms with Crippen molar-refractivity contribution in [2.45, 2.75) is 10.6 Å². The van der Waals surface area contributed by atoms with E-state index >= 15 is 0 Å². The molecular weight excluding hydrogens is 414 g/mol. The number of nitrogens with zero attached hydrogens (tertiary/aromatic N) is 1. The number of amides is 1. The number of halogens is 1. The van der Waals surface area contributed by atoms with Crippen LogP contribution in [0.4, 0.5) is 5.69 Å². The topological polar surface area (TPSA) is 38.8 Å². The number of benzene rings is 2. The van der Waals surface area contributed by atoms with Crippen LogP contribution in [-0.4, -0.2) is 27.2 Å². The fraction of sp³-hybridized carbons (Fsp3) is 0.190. The molecule has 0 unspecified atom stereocenters. The summed E-state index contributed by atoms with van der Waals surface area (Å²) in [4.78, 5) is 17.8. The second kappa shape index (κ2) is 7.70. The van der Waals surface area contributed by atoms with E-state index in [2.05, 4.69) is 0 Å². The van der Waals surface area contributed by atoms with Crippen LogP contribution in [0, 0.1) is 0 Å². The summed E-state index contributed by atoms with van der Waals surface area (Å²) in [5, 5.41) is 0.730. The van der Waals surface area contributed by atoms with Crippen molar-refractivity contribution < 1.29 is 14.3 Å². The number of rotatable bonds is 4. The van der Waals surface area contributed by atoms with Gasteiger partial charge in [0.25, 0.3) is 5.91 Å². The largest absolute Gasteiger partial charge is 0.497 e. The molecule has 0 atom stereocenters. The third kappa shape index (κ3) is 3.36. The van der Waals surface area contributed by atoms with Crippen LogP contribution in [0.5, 0.6) is 11.5 Å². The van der Waals surface area contributed by atoms with Crippen LogP contribution in [0.25, 0.3) is 10.4 Å². The SMILES string of the molecule is COc1ccc(N(C)C(=O)c2cc3c(s2)-c2ccc(Cl)cc2SC3)c(OC)c1. The maximum atomic E-state index is 13.2. The molecule has 0 aliphatic carbocycles. The van der Waals surface area contributed by atoms with Crippen LogP contribution >= 0.6 is 34.7 Å². The normalized spacial score (nSPS) is 12.1. The molecule has 2 aromatic carbocycles. The lowest BCUT2D eigenvalue weighted by molar-refractivity contribution is 0.0996. The Morgan fingerprint density at radius 2 is 1.93 bits per heavy atom. The lowest BCUT2D eigenvalue weighted by atomic mass is 10.1. The van der Waals surface area contributed by atoms with Gasteiger partial charge >= 0.3 is 0 Å². The Morgan fingerprint density at radius 1 is 1.11 bits per heavy atom. The molecule has 3 aromatic rings. The fourth-order valence-electron chi connectivity index (χ4n) is 3.16. The molecule has 1 aliphatic rings. The zero-order valence-electron chi connectivity index (χ0n) is 15.6. The van der Waals surface area contributed by atoms with Crippen LogP contribution < -0.4 is 14.4 Å². The summed E-state index contributed by atoms with van der Waals surface area (Å²) in [5.41, 5.74) is 3.02. The van der Waals surface area contributed by atoms with Crippen molar-refractivity contribution in [2.75, 3.05) is 26.2 Å². The molecule has 28 heavy (non-hydrogen) atoms. The van der Waals surface area contributed by atoms with Gasteiger partial charge in [-0.25, -0.2) is 0 Å². The first kappa shape index (κ1) is 19.2. The summed E-state index contributed by atoms with van der Waals surface area (Å²) < 4.78 is 10.7. The molecule has 0 radical (unpaired) electrons. The van der Waals surface area contributed by atoms with Crippen molar-refractivity contribution in [3.8, 4) is 21.9 Å². The predicted octanol–water partition coefficient (Wildman–Crippen LogP) is 5.97. The van der Waals surface area contributed by atoms with Crippen molar-refractivity contribution >= 4 is 46.3 Å². The number of ether oxygens (including phenoxy) is 2. The predicted molar refractivity (Wildman–Crippen MR) is 117 cm³/mol. The maximum Gasteiger partial charge on any atom is 0.268 e. The van der Waals surface area contributed by atoms with Crippen molar-refractivity contribution in [3.63, 3.8) is 0 Å². The molecule has 0 saturated carbocycles. The van der Waals surface area contributed by atoms with Crippen molar-refractivity contribution in [1.82, 2.24) is 0 Å². The quantitative estimate of drug-likeness (QED) is 0.510. The Balaban J connectivity index is 1.68. The second-order valence-corrected chi connectivity index (χ2v) is 8.80. The molecule has 0 bridgehead atoms. The minimum absolute atomic E-state index is 0.0663.